The summed E-state index contributed by atoms with van der Waals surface area (Å²) in [6.07, 6.45) is 0. The van der Waals surface area contributed by atoms with Gasteiger partial charge in [-0.3, -0.25) is 4.79 Å². The van der Waals surface area contributed by atoms with E-state index >= 15 is 0 Å². The Morgan fingerprint density at radius 2 is 2.22 bits per heavy atom. The molecule has 52 valence electrons. The lowest BCUT2D eigenvalue weighted by atomic mass is 10.5. The molecule has 0 aliphatic heterocycles. The quantitative estimate of drug-likeness (QED) is 0.255. The first-order valence-corrected chi connectivity index (χ1v) is 2.47. The highest BCUT2D eigenvalue weighted by molar-refractivity contribution is 5.84. The van der Waals surface area contributed by atoms with Gasteiger partial charge in [-0.2, -0.15) is 0 Å². The summed E-state index contributed by atoms with van der Waals surface area (Å²) >= 11 is 0. The van der Waals surface area contributed by atoms with Crippen LogP contribution in [0.2, 0.25) is 0 Å². The molecule has 0 unspecified atom stereocenters. The predicted octanol–water partition coefficient (Wildman–Crippen LogP) is 0.400. The van der Waals surface area contributed by atoms with Crippen LogP contribution in [0.1, 0.15) is 13.8 Å². The maximum Gasteiger partial charge on any atom is 0.303 e. The van der Waals surface area contributed by atoms with Crippen LogP contribution >= 0.6 is 0 Å². The van der Waals surface area contributed by atoms with E-state index in [-0.39, 0.29) is 12.6 Å². The van der Waals surface area contributed by atoms with Crippen molar-refractivity contribution in [3.05, 3.63) is 0 Å². The molecule has 0 atom stereocenters. The van der Waals surface area contributed by atoms with Crippen LogP contribution in [0, 0.1) is 0 Å². The monoisotopic (exact) mass is 131 g/mol. The largest absolute Gasteiger partial charge is 0.460 e. The van der Waals surface area contributed by atoms with Crippen molar-refractivity contribution >= 4 is 11.7 Å². The number of oxime groups is 1. The minimum atomic E-state index is -0.377. The van der Waals surface area contributed by atoms with Gasteiger partial charge >= 0.3 is 5.97 Å². The Kier molecular flexibility index (Phi) is 3.43. The van der Waals surface area contributed by atoms with Crippen LogP contribution in [0.4, 0.5) is 0 Å². The molecular formula is C5H9NO3. The fourth-order valence-corrected chi connectivity index (χ4v) is 0.235. The standard InChI is InChI=1S/C5H9NO3/c1-4(6-8)3-9-5(2)7/h8H,3H2,1-2H3. The minimum Gasteiger partial charge on any atom is -0.460 e. The van der Waals surface area contributed by atoms with Gasteiger partial charge in [-0.15, -0.1) is 0 Å². The second kappa shape index (κ2) is 3.88. The number of ether oxygens (including phenoxy) is 1. The summed E-state index contributed by atoms with van der Waals surface area (Å²) < 4.78 is 4.46. The molecule has 0 saturated heterocycles. The van der Waals surface area contributed by atoms with E-state index in [0.29, 0.717) is 5.71 Å². The maximum atomic E-state index is 10.1. The zero-order valence-electron chi connectivity index (χ0n) is 5.42. The van der Waals surface area contributed by atoms with Gasteiger partial charge in [0.1, 0.15) is 6.61 Å². The Labute approximate surface area is 53.1 Å². The van der Waals surface area contributed by atoms with E-state index in [1.807, 2.05) is 0 Å². The second-order valence-corrected chi connectivity index (χ2v) is 1.62. The smallest absolute Gasteiger partial charge is 0.303 e. The van der Waals surface area contributed by atoms with Crippen LogP contribution < -0.4 is 0 Å². The number of hydrogen-bond donors (Lipinski definition) is 1. The van der Waals surface area contributed by atoms with E-state index in [9.17, 15) is 4.79 Å². The number of nitrogens with zero attached hydrogens (tertiary/aromatic N) is 1. The van der Waals surface area contributed by atoms with E-state index in [1.165, 1.54) is 6.92 Å². The van der Waals surface area contributed by atoms with Gasteiger partial charge in [-0.05, 0) is 6.92 Å². The Morgan fingerprint density at radius 1 is 1.67 bits per heavy atom. The van der Waals surface area contributed by atoms with Crippen LogP contribution in [0.5, 0.6) is 0 Å². The fraction of sp³-hybridized carbons (Fsp3) is 0.600. The molecule has 4 heteroatoms. The van der Waals surface area contributed by atoms with E-state index in [2.05, 4.69) is 9.89 Å². The zero-order valence-corrected chi connectivity index (χ0v) is 5.42. The summed E-state index contributed by atoms with van der Waals surface area (Å²) in [6, 6.07) is 0. The Hall–Kier alpha value is -1.06. The van der Waals surface area contributed by atoms with Gasteiger partial charge in [-0.25, -0.2) is 0 Å². The molecule has 0 saturated carbocycles. The lowest BCUT2D eigenvalue weighted by Gasteiger charge is -1.96. The third-order valence-corrected chi connectivity index (χ3v) is 0.655. The van der Waals surface area contributed by atoms with Gasteiger partial charge in [0.15, 0.2) is 0 Å². The third-order valence-electron chi connectivity index (χ3n) is 0.655. The second-order valence-electron chi connectivity index (χ2n) is 1.62. The molecule has 0 bridgehead atoms. The summed E-state index contributed by atoms with van der Waals surface area (Å²) in [5.41, 5.74) is 0.380. The molecule has 4 nitrogen and oxygen atoms in total. The first kappa shape index (κ1) is 7.94. The highest BCUT2D eigenvalue weighted by Crippen LogP contribution is 1.79. The van der Waals surface area contributed by atoms with Gasteiger partial charge in [-0.1, -0.05) is 5.16 Å². The molecule has 0 amide bonds. The Morgan fingerprint density at radius 3 is 2.56 bits per heavy atom. The molecule has 0 spiro atoms. The van der Waals surface area contributed by atoms with E-state index in [0.717, 1.165) is 0 Å². The van der Waals surface area contributed by atoms with Crippen molar-refractivity contribution in [2.24, 2.45) is 5.16 Å². The van der Waals surface area contributed by atoms with Gasteiger partial charge in [0.05, 0.1) is 5.71 Å². The molecule has 1 N–H and O–H groups in total. The summed E-state index contributed by atoms with van der Waals surface area (Å²) in [5, 5.41) is 10.8. The molecule has 0 aromatic rings. The first-order valence-electron chi connectivity index (χ1n) is 2.47. The molecule has 0 fully saturated rings. The van der Waals surface area contributed by atoms with Gasteiger partial charge < -0.3 is 9.94 Å². The van der Waals surface area contributed by atoms with Crippen molar-refractivity contribution in [1.82, 2.24) is 0 Å². The van der Waals surface area contributed by atoms with E-state index in [4.69, 9.17) is 5.21 Å². The average Bonchev–Trinajstić information content (AvgIpc) is 1.83. The predicted molar refractivity (Wildman–Crippen MR) is 31.5 cm³/mol. The maximum absolute atomic E-state index is 10.1. The van der Waals surface area contributed by atoms with Gasteiger partial charge in [0.25, 0.3) is 0 Å². The Balaban J connectivity index is 3.39. The average molecular weight is 131 g/mol. The molecule has 0 aromatic carbocycles. The van der Waals surface area contributed by atoms with Crippen molar-refractivity contribution in [3.63, 3.8) is 0 Å². The number of rotatable bonds is 2. The zero-order chi connectivity index (χ0) is 7.28. The number of carbonyl (C=O) groups is 1. The van der Waals surface area contributed by atoms with Crippen molar-refractivity contribution in [1.29, 1.82) is 0 Å². The van der Waals surface area contributed by atoms with Crippen LogP contribution in [-0.2, 0) is 9.53 Å². The lowest BCUT2D eigenvalue weighted by molar-refractivity contribution is -0.139. The minimum absolute atomic E-state index is 0.0613. The first-order chi connectivity index (χ1) is 4.16. The summed E-state index contributed by atoms with van der Waals surface area (Å²) in [7, 11) is 0. The van der Waals surface area contributed by atoms with Crippen LogP contribution in [0.3, 0.4) is 0 Å². The van der Waals surface area contributed by atoms with E-state index < -0.39 is 0 Å². The van der Waals surface area contributed by atoms with Crippen molar-refractivity contribution < 1.29 is 14.7 Å². The molecule has 0 radical (unpaired) electrons. The molecule has 0 aliphatic rings. The number of hydrogen-bond acceptors (Lipinski definition) is 4. The Bertz CT molecular complexity index is 130. The third kappa shape index (κ3) is 4.80. The van der Waals surface area contributed by atoms with Gasteiger partial charge in [0, 0.05) is 6.92 Å². The summed E-state index contributed by atoms with van der Waals surface area (Å²) in [6.45, 7) is 2.92. The van der Waals surface area contributed by atoms with Crippen molar-refractivity contribution in [2.45, 2.75) is 13.8 Å². The molecule has 0 aliphatic carbocycles. The molecule has 0 rings (SSSR count). The fourth-order valence-electron chi connectivity index (χ4n) is 0.235. The molecule has 0 aromatic heterocycles. The van der Waals surface area contributed by atoms with Crippen LogP contribution in [0.25, 0.3) is 0 Å². The number of esters is 1. The highest BCUT2D eigenvalue weighted by atomic mass is 16.5. The normalized spacial score (nSPS) is 11.1. The van der Waals surface area contributed by atoms with Crippen molar-refractivity contribution in [3.8, 4) is 0 Å². The van der Waals surface area contributed by atoms with Crippen LogP contribution in [-0.4, -0.2) is 23.5 Å². The van der Waals surface area contributed by atoms with E-state index in [1.54, 1.807) is 6.92 Å². The molecular weight excluding hydrogens is 122 g/mol. The summed E-state index contributed by atoms with van der Waals surface area (Å²) in [5.74, 6) is -0.377. The lowest BCUT2D eigenvalue weighted by Crippen LogP contribution is -2.07. The summed E-state index contributed by atoms with van der Waals surface area (Å²) in [4.78, 5) is 10.1. The SMILES string of the molecule is CC(=O)OCC(C)=NO. The van der Waals surface area contributed by atoms with Crippen LogP contribution in [0.15, 0.2) is 5.16 Å². The van der Waals surface area contributed by atoms with Crippen molar-refractivity contribution in [2.75, 3.05) is 6.61 Å². The number of carbonyl (C=O) groups excluding carboxylic acids is 1. The highest BCUT2D eigenvalue weighted by Gasteiger charge is 1.93. The molecule has 0 heterocycles. The topological polar surface area (TPSA) is 58.9 Å². The van der Waals surface area contributed by atoms with Gasteiger partial charge in [0.2, 0.25) is 0 Å². The molecule has 9 heavy (non-hydrogen) atoms.